The van der Waals surface area contributed by atoms with Crippen LogP contribution < -0.4 is 64.8 Å². The van der Waals surface area contributed by atoms with Gasteiger partial charge in [0.15, 0.2) is 0 Å². The third-order valence-electron chi connectivity index (χ3n) is 4.48. The van der Waals surface area contributed by atoms with E-state index in [-0.39, 0.29) is 115 Å². The number of ether oxygens (including phenoxy) is 1. The Morgan fingerprint density at radius 1 is 1.00 bits per heavy atom. The third kappa shape index (κ3) is 38.0. The van der Waals surface area contributed by atoms with E-state index in [1.54, 1.807) is 13.8 Å². The summed E-state index contributed by atoms with van der Waals surface area (Å²) in [6, 6.07) is 0. The minimum absolute atomic E-state index is 0. The first-order valence-electron chi connectivity index (χ1n) is 12.1. The van der Waals surface area contributed by atoms with Gasteiger partial charge in [0, 0.05) is 24.3 Å². The van der Waals surface area contributed by atoms with Gasteiger partial charge in [-0.15, -0.1) is 0 Å². The molecule has 1 aliphatic heterocycles. The molecule has 1 fully saturated rings. The van der Waals surface area contributed by atoms with Gasteiger partial charge in [-0.2, -0.15) is 0 Å². The molecule has 1 aliphatic rings. The number of hydrogen-bond donors (Lipinski definition) is 2. The van der Waals surface area contributed by atoms with Crippen LogP contribution in [0, 0.1) is 10.8 Å². The van der Waals surface area contributed by atoms with Crippen LogP contribution in [0.4, 0.5) is 4.39 Å². The summed E-state index contributed by atoms with van der Waals surface area (Å²) in [6.07, 6.45) is 1.68. The van der Waals surface area contributed by atoms with Gasteiger partial charge in [-0.3, -0.25) is 23.6 Å². The van der Waals surface area contributed by atoms with Crippen molar-refractivity contribution in [1.82, 2.24) is 0 Å². The van der Waals surface area contributed by atoms with E-state index in [9.17, 15) is 49.5 Å². The molecule has 1 rings (SSSR count). The number of rotatable bonds is 12. The first-order chi connectivity index (χ1) is 17.5. The van der Waals surface area contributed by atoms with E-state index in [1.807, 2.05) is 13.8 Å². The first kappa shape index (κ1) is 46.9. The normalized spacial score (nSPS) is 14.4. The summed E-state index contributed by atoms with van der Waals surface area (Å²) < 4.78 is 80.1. The van der Waals surface area contributed by atoms with E-state index in [0.29, 0.717) is 19.3 Å². The van der Waals surface area contributed by atoms with Gasteiger partial charge < -0.3 is 24.7 Å². The van der Waals surface area contributed by atoms with Crippen molar-refractivity contribution >= 4 is 43.9 Å². The number of unbranched alkanes of at least 4 members (excludes halogenated alkanes) is 1. The fourth-order valence-electron chi connectivity index (χ4n) is 3.00. The summed E-state index contributed by atoms with van der Waals surface area (Å²) in [5.74, 6) is -2.67. The second-order valence-electron chi connectivity index (χ2n) is 9.94. The second kappa shape index (κ2) is 24.4. The Hall–Kier alpha value is -0.01000. The summed E-state index contributed by atoms with van der Waals surface area (Å²) in [5.41, 5.74) is 4.13. The summed E-state index contributed by atoms with van der Waals surface area (Å²) in [5, 5.41) is 8.65. The van der Waals surface area contributed by atoms with Crippen LogP contribution in [0.1, 0.15) is 80.4 Å². The molecular formula is C22H40FNNa2O12S2. The van der Waals surface area contributed by atoms with Crippen LogP contribution in [0.25, 0.3) is 0 Å². The second-order valence-corrected chi connectivity index (χ2v) is 13.0. The van der Waals surface area contributed by atoms with Crippen molar-refractivity contribution in [3.8, 4) is 0 Å². The zero-order valence-corrected chi connectivity index (χ0v) is 29.8. The van der Waals surface area contributed by atoms with Gasteiger partial charge in [-0.25, -0.2) is 16.8 Å². The van der Waals surface area contributed by atoms with Gasteiger partial charge >= 0.3 is 77.0 Å². The number of carboxylic acids is 1. The maximum absolute atomic E-state index is 11.5. The van der Waals surface area contributed by atoms with Crippen LogP contribution in [0.2, 0.25) is 0 Å². The van der Waals surface area contributed by atoms with E-state index < -0.39 is 56.5 Å². The maximum Gasteiger partial charge on any atom is 1.00 e. The summed E-state index contributed by atoms with van der Waals surface area (Å²) in [7, 11) is -9.23. The van der Waals surface area contributed by atoms with Gasteiger partial charge in [0.2, 0.25) is 0 Å². The Morgan fingerprint density at radius 3 is 1.70 bits per heavy atom. The molecule has 18 heteroatoms. The van der Waals surface area contributed by atoms with E-state index in [2.05, 4.69) is 4.74 Å². The predicted molar refractivity (Wildman–Crippen MR) is 133 cm³/mol. The molecule has 0 bridgehead atoms. The Balaban J connectivity index is -0.000000159. The monoisotopic (exact) mass is 640 g/mol. The number of halogens is 1. The van der Waals surface area contributed by atoms with E-state index in [0.717, 1.165) is 0 Å². The molecule has 0 aromatic rings. The van der Waals surface area contributed by atoms with Gasteiger partial charge in [0.25, 0.3) is 0 Å². The van der Waals surface area contributed by atoms with Gasteiger partial charge in [0.1, 0.15) is 5.78 Å². The van der Waals surface area contributed by atoms with E-state index in [1.165, 1.54) is 0 Å². The number of nitrogens with two attached hydrogens (primary N) is 1. The minimum Gasteiger partial charge on any atom is -0.748 e. The number of esters is 2. The number of Topliss-reactive ketones (excluding diaryl/α,β-unsaturated/α-hetero) is 1. The minimum atomic E-state index is -4.21. The molecule has 1 saturated heterocycles. The molecule has 0 saturated carbocycles. The number of carbonyl (C=O) groups is 4. The quantitative estimate of drug-likeness (QED) is 0.0673. The molecule has 0 aliphatic carbocycles. The zero-order chi connectivity index (χ0) is 31.5. The van der Waals surface area contributed by atoms with Gasteiger partial charge in [-0.05, 0) is 36.6 Å². The standard InChI is InChI=1S/C11H20O6S.C7H10O3.C3H9NO3S.CH3F.2Na/c1-11(2,8-10(13)14)7-9(12)5-3-4-6-18(15,16)17;1-7(2)3-5(8)10-6(9)4-7;4-2-1-3-8(5,6)7;1-2;;/h3-8H2,1-2H3,(H,13,14)(H,15,16,17);3-4H2,1-2H3;1-4H2,(H,5,6,7);1H3;;/q;;;;2*+1/p-2/i;;;1D;;. The number of alkyl halides is 1. The van der Waals surface area contributed by atoms with Crippen molar-refractivity contribution in [3.05, 3.63) is 0 Å². The molecule has 0 radical (unpaired) electrons. The molecule has 40 heavy (non-hydrogen) atoms. The van der Waals surface area contributed by atoms with E-state index in [4.69, 9.17) is 12.2 Å². The molecular weight excluding hydrogens is 599 g/mol. The van der Waals surface area contributed by atoms with Crippen molar-refractivity contribution < 1.29 is 120 Å². The van der Waals surface area contributed by atoms with Gasteiger partial charge in [0.05, 0.1) is 48.0 Å². The number of cyclic esters (lactones) is 2. The summed E-state index contributed by atoms with van der Waals surface area (Å²) >= 11 is 0. The predicted octanol–water partition coefficient (Wildman–Crippen LogP) is -4.49. The number of ketones is 1. The molecule has 0 aromatic carbocycles. The van der Waals surface area contributed by atoms with Crippen molar-refractivity contribution in [2.45, 2.75) is 79.1 Å². The topological polar surface area (TPSA) is 238 Å². The Bertz CT molecular complexity index is 977. The van der Waals surface area contributed by atoms with E-state index >= 15 is 0 Å². The summed E-state index contributed by atoms with van der Waals surface area (Å²) in [6.45, 7) is 7.40. The van der Waals surface area contributed by atoms with Crippen LogP contribution in [0.3, 0.4) is 0 Å². The fourth-order valence-corrected chi connectivity index (χ4v) is 4.08. The Morgan fingerprint density at radius 2 is 1.40 bits per heavy atom. The van der Waals surface area contributed by atoms with Crippen LogP contribution in [-0.2, 0) is 44.2 Å². The van der Waals surface area contributed by atoms with Crippen LogP contribution in [-0.4, -0.2) is 79.9 Å². The average Bonchev–Trinajstić information content (AvgIpc) is 2.66. The molecule has 1 heterocycles. The van der Waals surface area contributed by atoms with Crippen molar-refractivity contribution in [2.24, 2.45) is 16.6 Å². The van der Waals surface area contributed by atoms with Crippen molar-refractivity contribution in [2.75, 3.05) is 25.2 Å². The molecule has 3 N–H and O–H groups in total. The Labute approximate surface area is 282 Å². The molecule has 0 atom stereocenters. The number of carbonyl (C=O) groups excluding carboxylic acids is 3. The maximum atomic E-state index is 11.5. The third-order valence-corrected chi connectivity index (χ3v) is 6.05. The molecule has 0 aromatic heterocycles. The SMILES string of the molecule is CC(C)(CC(=O)O)CC(=O)CCCCS(=O)(=O)[O-].CC1(C)CC(=O)OC(=O)C1.NCCCS(=O)(=O)[O-].[2H]CF.[Na+].[Na+]. The fraction of sp³-hybridized carbons (Fsp3) is 0.818. The number of hydrogen-bond acceptors (Lipinski definition) is 12. The zero-order valence-electron chi connectivity index (χ0n) is 25.2. The van der Waals surface area contributed by atoms with Crippen molar-refractivity contribution in [3.63, 3.8) is 0 Å². The first-order valence-corrected chi connectivity index (χ1v) is 14.5. The molecule has 0 unspecified atom stereocenters. The average molecular weight is 641 g/mol. The Kier molecular flexibility index (Phi) is 28.7. The number of carboxylic acid groups (broad SMARTS) is 1. The largest absolute Gasteiger partial charge is 1.00 e. The van der Waals surface area contributed by atoms with Crippen LogP contribution in [0.15, 0.2) is 0 Å². The smallest absolute Gasteiger partial charge is 0.748 e. The van der Waals surface area contributed by atoms with Gasteiger partial charge in [-0.1, -0.05) is 27.7 Å². The molecule has 226 valence electrons. The molecule has 0 spiro atoms. The van der Waals surface area contributed by atoms with Crippen LogP contribution in [0.5, 0.6) is 0 Å². The van der Waals surface area contributed by atoms with Crippen LogP contribution >= 0.6 is 0 Å². The summed E-state index contributed by atoms with van der Waals surface area (Å²) in [4.78, 5) is 43.4. The molecule has 0 amide bonds. The molecule has 13 nitrogen and oxygen atoms in total. The number of aliphatic carboxylic acids is 1. The van der Waals surface area contributed by atoms with Crippen molar-refractivity contribution in [1.29, 1.82) is 0 Å².